The molecule has 0 saturated heterocycles. The van der Waals surface area contributed by atoms with Crippen LogP contribution in [0.5, 0.6) is 0 Å². The average molecular weight is 234 g/mol. The van der Waals surface area contributed by atoms with Crippen molar-refractivity contribution in [3.05, 3.63) is 0 Å². The largest absolute Gasteiger partial charge is 0.480 e. The van der Waals surface area contributed by atoms with Gasteiger partial charge in [-0.3, -0.25) is 14.0 Å². The van der Waals surface area contributed by atoms with Crippen molar-refractivity contribution in [3.63, 3.8) is 0 Å². The van der Waals surface area contributed by atoms with Crippen LogP contribution in [0, 0.1) is 11.3 Å². The molecule has 1 N–H and O–H groups in total. The van der Waals surface area contributed by atoms with Crippen molar-refractivity contribution in [2.75, 3.05) is 13.3 Å². The van der Waals surface area contributed by atoms with Crippen molar-refractivity contribution >= 4 is 11.9 Å². The van der Waals surface area contributed by atoms with Gasteiger partial charge in [-0.25, -0.2) is 0 Å². The molecule has 4 nitrogen and oxygen atoms in total. The highest BCUT2D eigenvalue weighted by molar-refractivity contribution is 5.99. The van der Waals surface area contributed by atoms with Crippen LogP contribution in [0.1, 0.15) is 33.6 Å². The van der Waals surface area contributed by atoms with Gasteiger partial charge in [0.15, 0.2) is 5.41 Å². The summed E-state index contributed by atoms with van der Waals surface area (Å²) in [6, 6.07) is 0. The molecule has 0 amide bonds. The Labute approximate surface area is 94.8 Å². The molecule has 0 spiro atoms. The van der Waals surface area contributed by atoms with Crippen LogP contribution in [-0.2, 0) is 14.3 Å². The Morgan fingerprint density at radius 1 is 1.44 bits per heavy atom. The van der Waals surface area contributed by atoms with Gasteiger partial charge in [0, 0.05) is 0 Å². The first kappa shape index (κ1) is 14.9. The van der Waals surface area contributed by atoms with Crippen molar-refractivity contribution in [3.8, 4) is 0 Å². The Hall–Kier alpha value is -1.13. The van der Waals surface area contributed by atoms with Gasteiger partial charge in [0.1, 0.15) is 0 Å². The smallest absolute Gasteiger partial charge is 0.323 e. The molecule has 0 aromatic heterocycles. The predicted molar refractivity (Wildman–Crippen MR) is 56.7 cm³/mol. The topological polar surface area (TPSA) is 63.6 Å². The summed E-state index contributed by atoms with van der Waals surface area (Å²) in [5.74, 6) is -2.45. The van der Waals surface area contributed by atoms with Crippen LogP contribution in [0.25, 0.3) is 0 Å². The van der Waals surface area contributed by atoms with Crippen LogP contribution in [0.4, 0.5) is 4.39 Å². The van der Waals surface area contributed by atoms with E-state index >= 15 is 0 Å². The van der Waals surface area contributed by atoms with Gasteiger partial charge in [0.05, 0.1) is 13.3 Å². The Morgan fingerprint density at radius 2 is 2.00 bits per heavy atom. The summed E-state index contributed by atoms with van der Waals surface area (Å²) in [5, 5.41) is 9.19. The number of carboxylic acid groups (broad SMARTS) is 1. The third-order valence-corrected chi connectivity index (χ3v) is 2.71. The van der Waals surface area contributed by atoms with Gasteiger partial charge in [-0.1, -0.05) is 13.8 Å². The van der Waals surface area contributed by atoms with Crippen molar-refractivity contribution < 1.29 is 23.8 Å². The van der Waals surface area contributed by atoms with Gasteiger partial charge in [-0.2, -0.15) is 0 Å². The Kier molecular flexibility index (Phi) is 6.00. The van der Waals surface area contributed by atoms with Crippen molar-refractivity contribution in [1.29, 1.82) is 0 Å². The molecule has 0 aliphatic heterocycles. The fraction of sp³-hybridized carbons (Fsp3) is 0.818. The quantitative estimate of drug-likeness (QED) is 0.540. The number of halogens is 1. The molecule has 0 bridgehead atoms. The molecule has 94 valence electrons. The third kappa shape index (κ3) is 2.93. The summed E-state index contributed by atoms with van der Waals surface area (Å²) in [6.45, 7) is 4.35. The van der Waals surface area contributed by atoms with Gasteiger partial charge < -0.3 is 9.84 Å². The van der Waals surface area contributed by atoms with Crippen LogP contribution < -0.4 is 0 Å². The minimum Gasteiger partial charge on any atom is -0.480 e. The summed E-state index contributed by atoms with van der Waals surface area (Å²) >= 11 is 0. The molecular formula is C11H19FO4. The van der Waals surface area contributed by atoms with Gasteiger partial charge in [0.25, 0.3) is 0 Å². The molecule has 0 aromatic rings. The SMILES string of the molecule is CCOC(=O)C(CCCF)(C(=O)O)C(C)C. The summed E-state index contributed by atoms with van der Waals surface area (Å²) in [7, 11) is 0. The second kappa shape index (κ2) is 6.45. The maximum absolute atomic E-state index is 12.2. The van der Waals surface area contributed by atoms with E-state index in [-0.39, 0.29) is 19.4 Å². The van der Waals surface area contributed by atoms with E-state index in [1.165, 1.54) is 0 Å². The third-order valence-electron chi connectivity index (χ3n) is 2.71. The standard InChI is InChI=1S/C11H19FO4/c1-4-16-10(15)11(8(2)3,9(13)14)6-5-7-12/h8H,4-7H2,1-3H3,(H,13,14). The number of aliphatic carboxylic acids is 1. The normalized spacial score (nSPS) is 14.6. The van der Waals surface area contributed by atoms with Crippen LogP contribution in [0.3, 0.4) is 0 Å². The van der Waals surface area contributed by atoms with Gasteiger partial charge >= 0.3 is 11.9 Å². The molecule has 0 aliphatic carbocycles. The number of carboxylic acids is 1. The second-order valence-electron chi connectivity index (χ2n) is 3.94. The number of hydrogen-bond acceptors (Lipinski definition) is 3. The zero-order chi connectivity index (χ0) is 12.8. The minimum absolute atomic E-state index is 0.0324. The van der Waals surface area contributed by atoms with E-state index in [1.54, 1.807) is 20.8 Å². The number of hydrogen-bond donors (Lipinski definition) is 1. The zero-order valence-electron chi connectivity index (χ0n) is 9.96. The lowest BCUT2D eigenvalue weighted by Crippen LogP contribution is -2.45. The van der Waals surface area contributed by atoms with Crippen LogP contribution >= 0.6 is 0 Å². The van der Waals surface area contributed by atoms with Crippen LogP contribution in [0.15, 0.2) is 0 Å². The molecule has 0 radical (unpaired) electrons. The highest BCUT2D eigenvalue weighted by atomic mass is 19.1. The first-order valence-electron chi connectivity index (χ1n) is 5.40. The van der Waals surface area contributed by atoms with E-state index in [9.17, 15) is 19.1 Å². The highest BCUT2D eigenvalue weighted by Gasteiger charge is 2.49. The first-order valence-corrected chi connectivity index (χ1v) is 5.40. The molecule has 0 aromatic carbocycles. The molecule has 0 rings (SSSR count). The van der Waals surface area contributed by atoms with Gasteiger partial charge in [0.2, 0.25) is 0 Å². The molecular weight excluding hydrogens is 215 g/mol. The molecule has 1 unspecified atom stereocenters. The molecule has 5 heteroatoms. The van der Waals surface area contributed by atoms with Gasteiger partial charge in [-0.05, 0) is 25.7 Å². The summed E-state index contributed by atoms with van der Waals surface area (Å²) in [6.07, 6.45) is 0.0125. The zero-order valence-corrected chi connectivity index (χ0v) is 9.96. The molecule has 1 atom stereocenters. The van der Waals surface area contributed by atoms with E-state index in [0.29, 0.717) is 0 Å². The van der Waals surface area contributed by atoms with Crippen LogP contribution in [-0.4, -0.2) is 30.3 Å². The van der Waals surface area contributed by atoms with E-state index < -0.39 is 29.9 Å². The second-order valence-corrected chi connectivity index (χ2v) is 3.94. The van der Waals surface area contributed by atoms with E-state index in [2.05, 4.69) is 0 Å². The number of alkyl halides is 1. The predicted octanol–water partition coefficient (Wildman–Crippen LogP) is 2.03. The molecule has 0 heterocycles. The Morgan fingerprint density at radius 3 is 2.31 bits per heavy atom. The Balaban J connectivity index is 5.09. The fourth-order valence-corrected chi connectivity index (χ4v) is 1.67. The van der Waals surface area contributed by atoms with Crippen molar-refractivity contribution in [2.24, 2.45) is 11.3 Å². The molecule has 16 heavy (non-hydrogen) atoms. The maximum atomic E-state index is 12.2. The lowest BCUT2D eigenvalue weighted by atomic mass is 9.73. The number of rotatable bonds is 7. The molecule has 0 aliphatic rings. The summed E-state index contributed by atoms with van der Waals surface area (Å²) in [4.78, 5) is 23.0. The number of carbonyl (C=O) groups excluding carboxylic acids is 1. The first-order chi connectivity index (χ1) is 7.43. The van der Waals surface area contributed by atoms with Gasteiger partial charge in [-0.15, -0.1) is 0 Å². The van der Waals surface area contributed by atoms with Crippen molar-refractivity contribution in [2.45, 2.75) is 33.6 Å². The maximum Gasteiger partial charge on any atom is 0.323 e. The van der Waals surface area contributed by atoms with Crippen molar-refractivity contribution in [1.82, 2.24) is 0 Å². The highest BCUT2D eigenvalue weighted by Crippen LogP contribution is 2.35. The number of esters is 1. The average Bonchev–Trinajstić information content (AvgIpc) is 2.18. The fourth-order valence-electron chi connectivity index (χ4n) is 1.67. The summed E-state index contributed by atoms with van der Waals surface area (Å²) in [5.41, 5.74) is -1.62. The number of ether oxygens (including phenoxy) is 1. The van der Waals surface area contributed by atoms with E-state index in [4.69, 9.17) is 4.74 Å². The monoisotopic (exact) mass is 234 g/mol. The minimum atomic E-state index is -1.62. The lowest BCUT2D eigenvalue weighted by molar-refractivity contribution is -0.173. The molecule has 0 saturated carbocycles. The van der Waals surface area contributed by atoms with Crippen LogP contribution in [0.2, 0.25) is 0 Å². The number of carbonyl (C=O) groups is 2. The molecule has 0 fully saturated rings. The lowest BCUT2D eigenvalue weighted by Gasteiger charge is -2.30. The Bertz CT molecular complexity index is 252. The van der Waals surface area contributed by atoms with E-state index in [0.717, 1.165) is 0 Å². The summed E-state index contributed by atoms with van der Waals surface area (Å²) < 4.78 is 16.9. The van der Waals surface area contributed by atoms with E-state index in [1.807, 2.05) is 0 Å².